The number of para-hydroxylation sites is 1. The van der Waals surface area contributed by atoms with Crippen LogP contribution in [0.4, 0.5) is 9.59 Å². The molecule has 0 aliphatic heterocycles. The summed E-state index contributed by atoms with van der Waals surface area (Å²) >= 11 is 0. The first-order valence-electron chi connectivity index (χ1n) is 15.8. The van der Waals surface area contributed by atoms with Crippen LogP contribution in [-0.4, -0.2) is 60.1 Å². The molecule has 3 aromatic carbocycles. The summed E-state index contributed by atoms with van der Waals surface area (Å²) in [5.41, 5.74) is 3.04. The van der Waals surface area contributed by atoms with Gasteiger partial charge in [0.2, 0.25) is 12.2 Å². The number of alkyl carbamates (subject to hydrolysis) is 1. The largest absolute Gasteiger partial charge is 0.511 e. The average Bonchev–Trinajstić information content (AvgIpc) is 3.51. The van der Waals surface area contributed by atoms with Crippen LogP contribution in [0.2, 0.25) is 0 Å². The van der Waals surface area contributed by atoms with E-state index in [1.54, 1.807) is 61.7 Å². The molecule has 0 saturated carbocycles. The fourth-order valence-electron chi connectivity index (χ4n) is 4.80. The summed E-state index contributed by atoms with van der Waals surface area (Å²) in [5.74, 6) is -2.24. The minimum atomic E-state index is -1.30. The number of ether oxygens (including phenoxy) is 5. The molecule has 3 N–H and O–H groups in total. The molecular formula is C36H39N3O10. The van der Waals surface area contributed by atoms with E-state index in [2.05, 4.69) is 15.6 Å². The number of rotatable bonds is 16. The number of carbonyl (C=O) groups is 5. The van der Waals surface area contributed by atoms with Gasteiger partial charge in [-0.25, -0.2) is 19.2 Å². The standard InChI is InChI=1S/C36H39N3O10/c1-3-45-36(44)49-24(2)48-34(42)31(20-27-21-37-29-17-11-10-16-28(27)29)38-32(40)19-18-30(33(41)46-22-25-12-6-4-7-13-25)39-35(43)47-23-26-14-8-5-9-15-26/h4-17,21,24,30-31,37H,3,18-20,22-23H2,1-2H3,(H,38,40)(H,39,43)/t24?,30-,31-/m1/s1. The van der Waals surface area contributed by atoms with E-state index in [1.807, 2.05) is 36.4 Å². The van der Waals surface area contributed by atoms with Gasteiger partial charge in [-0.1, -0.05) is 78.9 Å². The van der Waals surface area contributed by atoms with Crippen LogP contribution in [0.3, 0.4) is 0 Å². The first-order chi connectivity index (χ1) is 23.7. The van der Waals surface area contributed by atoms with Crippen LogP contribution >= 0.6 is 0 Å². The first-order valence-corrected chi connectivity index (χ1v) is 15.8. The van der Waals surface area contributed by atoms with Crippen LogP contribution < -0.4 is 10.6 Å². The summed E-state index contributed by atoms with van der Waals surface area (Å²) in [6.45, 7) is 2.93. The maximum absolute atomic E-state index is 13.3. The summed E-state index contributed by atoms with van der Waals surface area (Å²) in [5, 5.41) is 5.99. The summed E-state index contributed by atoms with van der Waals surface area (Å²) < 4.78 is 25.7. The van der Waals surface area contributed by atoms with Crippen molar-refractivity contribution in [2.75, 3.05) is 6.61 Å². The van der Waals surface area contributed by atoms with Gasteiger partial charge in [0.05, 0.1) is 6.61 Å². The van der Waals surface area contributed by atoms with Crippen LogP contribution in [0.15, 0.2) is 91.1 Å². The lowest BCUT2D eigenvalue weighted by atomic mass is 10.0. The second kappa shape index (κ2) is 18.5. The SMILES string of the molecule is CCOC(=O)OC(C)OC(=O)[C@@H](Cc1c[nH]c2ccccc12)NC(=O)CC[C@@H](NC(=O)OCc1ccccc1)C(=O)OCc1ccccc1. The van der Waals surface area contributed by atoms with E-state index in [0.29, 0.717) is 0 Å². The molecule has 0 aliphatic carbocycles. The van der Waals surface area contributed by atoms with Crippen LogP contribution in [0.1, 0.15) is 43.4 Å². The highest BCUT2D eigenvalue weighted by Crippen LogP contribution is 2.20. The minimum Gasteiger partial charge on any atom is -0.459 e. The number of benzene rings is 3. The van der Waals surface area contributed by atoms with E-state index in [9.17, 15) is 24.0 Å². The van der Waals surface area contributed by atoms with Gasteiger partial charge >= 0.3 is 24.2 Å². The lowest BCUT2D eigenvalue weighted by Gasteiger charge is -2.21. The highest BCUT2D eigenvalue weighted by Gasteiger charge is 2.29. The molecule has 4 aromatic rings. The average molecular weight is 674 g/mol. The van der Waals surface area contributed by atoms with Crippen LogP contribution in [0.25, 0.3) is 10.9 Å². The second-order valence-electron chi connectivity index (χ2n) is 10.9. The molecule has 49 heavy (non-hydrogen) atoms. The van der Waals surface area contributed by atoms with E-state index in [1.165, 1.54) is 6.92 Å². The number of amides is 2. The van der Waals surface area contributed by atoms with E-state index in [0.717, 1.165) is 27.6 Å². The van der Waals surface area contributed by atoms with Crippen molar-refractivity contribution < 1.29 is 47.7 Å². The molecule has 0 saturated heterocycles. The van der Waals surface area contributed by atoms with Gasteiger partial charge in [-0.3, -0.25) is 4.79 Å². The predicted octanol–water partition coefficient (Wildman–Crippen LogP) is 5.08. The summed E-state index contributed by atoms with van der Waals surface area (Å²) in [6.07, 6.45) is -1.88. The Balaban J connectivity index is 1.42. The van der Waals surface area contributed by atoms with Gasteiger partial charge in [0.25, 0.3) is 0 Å². The molecule has 0 spiro atoms. The van der Waals surface area contributed by atoms with Gasteiger partial charge in [-0.05, 0) is 36.1 Å². The molecule has 3 atom stereocenters. The van der Waals surface area contributed by atoms with Gasteiger partial charge in [-0.2, -0.15) is 0 Å². The molecule has 2 amide bonds. The number of nitrogens with one attached hydrogen (secondary N) is 3. The topological polar surface area (TPSA) is 171 Å². The third kappa shape index (κ3) is 11.7. The lowest BCUT2D eigenvalue weighted by Crippen LogP contribution is -2.46. The quantitative estimate of drug-likeness (QED) is 0.0828. The molecule has 1 heterocycles. The third-order valence-electron chi connectivity index (χ3n) is 7.20. The molecule has 0 radical (unpaired) electrons. The fourth-order valence-corrected chi connectivity index (χ4v) is 4.80. The minimum absolute atomic E-state index is 0.0329. The van der Waals surface area contributed by atoms with E-state index in [4.69, 9.17) is 23.7 Å². The molecule has 1 aromatic heterocycles. The van der Waals surface area contributed by atoms with Crippen molar-refractivity contribution in [1.82, 2.24) is 15.6 Å². The van der Waals surface area contributed by atoms with Crippen LogP contribution in [-0.2, 0) is 57.7 Å². The monoisotopic (exact) mass is 673 g/mol. The fraction of sp³-hybridized carbons (Fsp3) is 0.306. The Morgan fingerprint density at radius 3 is 2.02 bits per heavy atom. The summed E-state index contributed by atoms with van der Waals surface area (Å²) in [6, 6.07) is 23.0. The highest BCUT2D eigenvalue weighted by molar-refractivity contribution is 5.88. The predicted molar refractivity (Wildman–Crippen MR) is 177 cm³/mol. The Morgan fingerprint density at radius 2 is 1.35 bits per heavy atom. The van der Waals surface area contributed by atoms with Crippen molar-refractivity contribution in [2.24, 2.45) is 0 Å². The van der Waals surface area contributed by atoms with Gasteiger partial charge in [0, 0.05) is 36.9 Å². The van der Waals surface area contributed by atoms with Crippen LogP contribution in [0.5, 0.6) is 0 Å². The molecule has 0 bridgehead atoms. The lowest BCUT2D eigenvalue weighted by molar-refractivity contribution is -0.171. The molecule has 13 heteroatoms. The second-order valence-corrected chi connectivity index (χ2v) is 10.9. The van der Waals surface area contributed by atoms with Crippen molar-refractivity contribution in [2.45, 2.75) is 64.7 Å². The van der Waals surface area contributed by atoms with Crippen LogP contribution in [0, 0.1) is 0 Å². The number of carbonyl (C=O) groups excluding carboxylic acids is 5. The number of esters is 2. The maximum Gasteiger partial charge on any atom is 0.511 e. The molecule has 13 nitrogen and oxygen atoms in total. The number of hydrogen-bond donors (Lipinski definition) is 3. The number of fused-ring (bicyclic) bond motifs is 1. The number of H-pyrrole nitrogens is 1. The zero-order valence-electron chi connectivity index (χ0n) is 27.2. The first kappa shape index (κ1) is 36.0. The smallest absolute Gasteiger partial charge is 0.459 e. The zero-order chi connectivity index (χ0) is 35.0. The number of aromatic amines is 1. The Hall–Kier alpha value is -5.85. The van der Waals surface area contributed by atoms with Crippen molar-refractivity contribution in [3.8, 4) is 0 Å². The molecule has 1 unspecified atom stereocenters. The third-order valence-corrected chi connectivity index (χ3v) is 7.20. The molecule has 0 aliphatic rings. The van der Waals surface area contributed by atoms with Crippen molar-refractivity contribution in [3.05, 3.63) is 108 Å². The van der Waals surface area contributed by atoms with Gasteiger partial charge in [0.15, 0.2) is 0 Å². The Morgan fingerprint density at radius 1 is 0.714 bits per heavy atom. The normalized spacial score (nSPS) is 12.5. The van der Waals surface area contributed by atoms with E-state index < -0.39 is 48.5 Å². The van der Waals surface area contributed by atoms with E-state index in [-0.39, 0.29) is 39.1 Å². The van der Waals surface area contributed by atoms with Crippen molar-refractivity contribution >= 4 is 41.0 Å². The number of aromatic nitrogens is 1. The van der Waals surface area contributed by atoms with Crippen molar-refractivity contribution in [3.63, 3.8) is 0 Å². The summed E-state index contributed by atoms with van der Waals surface area (Å²) in [4.78, 5) is 67.2. The van der Waals surface area contributed by atoms with Gasteiger partial charge in [-0.15, -0.1) is 0 Å². The molecule has 258 valence electrons. The highest BCUT2D eigenvalue weighted by atomic mass is 16.8. The Labute approximate surface area is 283 Å². The number of hydrogen-bond acceptors (Lipinski definition) is 10. The zero-order valence-corrected chi connectivity index (χ0v) is 27.2. The Bertz CT molecular complexity index is 1690. The van der Waals surface area contributed by atoms with Crippen molar-refractivity contribution in [1.29, 1.82) is 0 Å². The van der Waals surface area contributed by atoms with Gasteiger partial charge in [0.1, 0.15) is 25.3 Å². The maximum atomic E-state index is 13.3. The molecular weight excluding hydrogens is 634 g/mol. The Kier molecular flexibility index (Phi) is 13.6. The van der Waals surface area contributed by atoms with E-state index >= 15 is 0 Å². The molecule has 4 rings (SSSR count). The van der Waals surface area contributed by atoms with Gasteiger partial charge < -0.3 is 39.3 Å². The summed E-state index contributed by atoms with van der Waals surface area (Å²) in [7, 11) is 0. The molecule has 0 fully saturated rings.